The number of ether oxygens (including phenoxy) is 1. The molecule has 4 heterocycles. The number of methoxy groups -OCH3 is 1. The van der Waals surface area contributed by atoms with Gasteiger partial charge in [0.05, 0.1) is 25.1 Å². The van der Waals surface area contributed by atoms with Crippen molar-refractivity contribution in [1.82, 2.24) is 25.3 Å². The van der Waals surface area contributed by atoms with Crippen LogP contribution in [-0.2, 0) is 36.1 Å². The van der Waals surface area contributed by atoms with Gasteiger partial charge in [-0.2, -0.15) is 0 Å². The van der Waals surface area contributed by atoms with Crippen molar-refractivity contribution in [2.24, 2.45) is 11.8 Å². The lowest BCUT2D eigenvalue weighted by Gasteiger charge is -2.52. The summed E-state index contributed by atoms with van der Waals surface area (Å²) >= 11 is 0. The highest BCUT2D eigenvalue weighted by molar-refractivity contribution is 7.92. The van der Waals surface area contributed by atoms with Crippen molar-refractivity contribution in [1.29, 1.82) is 0 Å². The van der Waals surface area contributed by atoms with Gasteiger partial charge in [-0.25, -0.2) is 26.4 Å². The minimum Gasteiger partial charge on any atom is -0.453 e. The number of anilines is 1. The Kier molecular flexibility index (Phi) is 12.2. The lowest BCUT2D eigenvalue weighted by Crippen LogP contribution is -2.65. The molecule has 0 unspecified atom stereocenters. The number of hydrogen-bond acceptors (Lipinski definition) is 9. The van der Waals surface area contributed by atoms with E-state index in [9.17, 15) is 31.6 Å². The predicted octanol–water partition coefficient (Wildman–Crippen LogP) is 3.99. The van der Waals surface area contributed by atoms with Gasteiger partial charge >= 0.3 is 6.09 Å². The van der Waals surface area contributed by atoms with E-state index < -0.39 is 38.4 Å². The van der Waals surface area contributed by atoms with E-state index >= 15 is 4.39 Å². The molecule has 2 aromatic rings. The third kappa shape index (κ3) is 8.46. The van der Waals surface area contributed by atoms with Gasteiger partial charge in [0.15, 0.2) is 15.5 Å². The van der Waals surface area contributed by atoms with Crippen molar-refractivity contribution in [3.05, 3.63) is 72.1 Å². The van der Waals surface area contributed by atoms with Crippen molar-refractivity contribution in [3.63, 3.8) is 0 Å². The van der Waals surface area contributed by atoms with Crippen molar-refractivity contribution in [2.45, 2.75) is 79.0 Å². The van der Waals surface area contributed by atoms with Crippen molar-refractivity contribution in [3.8, 4) is 0 Å². The zero-order valence-corrected chi connectivity index (χ0v) is 34.1. The number of halogens is 3. The van der Waals surface area contributed by atoms with Gasteiger partial charge in [-0.3, -0.25) is 19.4 Å². The summed E-state index contributed by atoms with van der Waals surface area (Å²) in [6.45, 7) is 7.66. The number of carbonyl (C=O) groups is 3. The number of alkyl halides is 2. The molecule has 4 saturated heterocycles. The molecule has 2 aromatic carbocycles. The monoisotopic (exact) mass is 828 g/mol. The summed E-state index contributed by atoms with van der Waals surface area (Å²) in [5.74, 6) is -1.02. The van der Waals surface area contributed by atoms with Crippen LogP contribution in [-0.4, -0.2) is 137 Å². The Bertz CT molecular complexity index is 1980. The first-order chi connectivity index (χ1) is 27.6. The van der Waals surface area contributed by atoms with Crippen LogP contribution in [0.25, 0.3) is 0 Å². The molecule has 3 amide bonds. The van der Waals surface area contributed by atoms with Gasteiger partial charge < -0.3 is 25.2 Å². The summed E-state index contributed by atoms with van der Waals surface area (Å²) in [6, 6.07) is 11.3. The number of benzene rings is 2. The molecule has 12 nitrogen and oxygen atoms in total. The van der Waals surface area contributed by atoms with Gasteiger partial charge in [0.2, 0.25) is 11.8 Å². The number of amides is 3. The molecule has 5 aliphatic rings. The zero-order valence-electron chi connectivity index (χ0n) is 33.3. The maximum Gasteiger partial charge on any atom is 0.407 e. The summed E-state index contributed by atoms with van der Waals surface area (Å²) in [5.41, 5.74) is -0.222. The SMILES string of the molecule is C=CC(=O)N1CC(S(=O)(=O)c2ccc(N3CC(F)(CN4CCC([C@@](CNC(C)=O)(c5cccc(F)c5)[C@H]5CCC[C@@H]5NC(=O)OC)CC4)C3)cc2CN2CC(F)C2)C1. The van der Waals surface area contributed by atoms with E-state index in [0.29, 0.717) is 37.2 Å². The maximum absolute atomic E-state index is 16.5. The molecular formula is C42H55F3N6O6S. The number of piperidine rings is 1. The van der Waals surface area contributed by atoms with Crippen LogP contribution in [0, 0.1) is 17.7 Å². The molecule has 316 valence electrons. The van der Waals surface area contributed by atoms with Crippen LogP contribution >= 0.6 is 0 Å². The van der Waals surface area contributed by atoms with Crippen LogP contribution in [0.15, 0.2) is 60.0 Å². The fourth-order valence-electron chi connectivity index (χ4n) is 10.2. The van der Waals surface area contributed by atoms with E-state index in [1.807, 2.05) is 15.9 Å². The molecule has 4 aliphatic heterocycles. The lowest BCUT2D eigenvalue weighted by molar-refractivity contribution is -0.129. The molecule has 5 fully saturated rings. The summed E-state index contributed by atoms with van der Waals surface area (Å²) in [6.07, 6.45) is 3.37. The van der Waals surface area contributed by atoms with Crippen LogP contribution in [0.3, 0.4) is 0 Å². The quantitative estimate of drug-likeness (QED) is 0.272. The second kappa shape index (κ2) is 16.8. The first kappa shape index (κ1) is 42.0. The van der Waals surface area contributed by atoms with E-state index in [-0.39, 0.29) is 99.3 Å². The van der Waals surface area contributed by atoms with Crippen LogP contribution in [0.2, 0.25) is 0 Å². The van der Waals surface area contributed by atoms with Crippen LogP contribution in [0.1, 0.15) is 50.2 Å². The minimum atomic E-state index is -3.79. The molecule has 2 N–H and O–H groups in total. The number of nitrogens with one attached hydrogen (secondary N) is 2. The number of hydrogen-bond donors (Lipinski definition) is 2. The summed E-state index contributed by atoms with van der Waals surface area (Å²) in [5, 5.41) is 5.32. The fraction of sp³-hybridized carbons (Fsp3) is 0.595. The fourth-order valence-corrected chi connectivity index (χ4v) is 12.1. The number of nitrogens with zero attached hydrogens (tertiary/aromatic N) is 4. The Morgan fingerprint density at radius 2 is 1.74 bits per heavy atom. The molecule has 3 atom stereocenters. The molecule has 1 aliphatic carbocycles. The number of rotatable bonds is 14. The van der Waals surface area contributed by atoms with E-state index in [1.165, 1.54) is 25.0 Å². The summed E-state index contributed by atoms with van der Waals surface area (Å²) in [4.78, 5) is 44.3. The first-order valence-corrected chi connectivity index (χ1v) is 21.8. The number of likely N-dealkylation sites (tertiary alicyclic amines) is 3. The second-order valence-corrected chi connectivity index (χ2v) is 19.2. The zero-order chi connectivity index (χ0) is 41.4. The number of sulfone groups is 1. The Morgan fingerprint density at radius 3 is 2.38 bits per heavy atom. The molecule has 7 rings (SSSR count). The van der Waals surface area contributed by atoms with Crippen LogP contribution < -0.4 is 15.5 Å². The Hall–Kier alpha value is -4.15. The first-order valence-electron chi connectivity index (χ1n) is 20.3. The predicted molar refractivity (Wildman–Crippen MR) is 213 cm³/mol. The van der Waals surface area contributed by atoms with E-state index in [0.717, 1.165) is 30.9 Å². The highest BCUT2D eigenvalue weighted by atomic mass is 32.2. The topological polar surface area (TPSA) is 132 Å². The third-order valence-electron chi connectivity index (χ3n) is 13.2. The van der Waals surface area contributed by atoms with Crippen molar-refractivity contribution in [2.75, 3.05) is 77.5 Å². The Balaban J connectivity index is 1.04. The van der Waals surface area contributed by atoms with Gasteiger partial charge in [0.25, 0.3) is 0 Å². The van der Waals surface area contributed by atoms with Crippen LogP contribution in [0.4, 0.5) is 23.7 Å². The molecule has 0 radical (unpaired) electrons. The molecule has 1 saturated carbocycles. The molecule has 0 aromatic heterocycles. The van der Waals surface area contributed by atoms with Gasteiger partial charge in [-0.05, 0) is 98.1 Å². The largest absolute Gasteiger partial charge is 0.453 e. The third-order valence-corrected chi connectivity index (χ3v) is 15.4. The molecule has 0 spiro atoms. The lowest BCUT2D eigenvalue weighted by atomic mass is 9.58. The van der Waals surface area contributed by atoms with Crippen LogP contribution in [0.5, 0.6) is 0 Å². The highest BCUT2D eigenvalue weighted by Gasteiger charge is 2.53. The summed E-state index contributed by atoms with van der Waals surface area (Å²) in [7, 11) is -2.47. The highest BCUT2D eigenvalue weighted by Crippen LogP contribution is 2.50. The van der Waals surface area contributed by atoms with Gasteiger partial charge in [-0.15, -0.1) is 0 Å². The summed E-state index contributed by atoms with van der Waals surface area (Å²) < 4.78 is 77.6. The maximum atomic E-state index is 16.5. The molecule has 0 bridgehead atoms. The smallest absolute Gasteiger partial charge is 0.407 e. The standard InChI is InChI=1S/C42H55F3N6O6S/c1-4-39(53)50-22-35(23-50)58(55,56)38-12-11-34(17-29(38)19-49-20-33(44)21-49)51-26-41(45,27-51)25-48-15-13-30(14-16-48)42(24-46-28(2)52,31-7-5-8-32(43)18-31)36-9-6-10-37(36)47-40(54)57-3/h4-5,7-8,11-12,17-18,30,33,35-37H,1,6,9-10,13-16,19-27H2,2-3H3,(H,46,52)(H,47,54)/t36-,37-,42-/m0/s1. The second-order valence-electron chi connectivity index (χ2n) is 17.0. The Morgan fingerprint density at radius 1 is 1.02 bits per heavy atom. The van der Waals surface area contributed by atoms with Crippen molar-refractivity contribution >= 4 is 33.4 Å². The molecule has 58 heavy (non-hydrogen) atoms. The Labute approximate surface area is 339 Å². The van der Waals surface area contributed by atoms with E-state index in [2.05, 4.69) is 22.1 Å². The normalized spacial score (nSPS) is 24.2. The number of carbonyl (C=O) groups excluding carboxylic acids is 3. The minimum absolute atomic E-state index is 0.00585. The van der Waals surface area contributed by atoms with E-state index in [1.54, 1.807) is 30.3 Å². The molecular weight excluding hydrogens is 774 g/mol. The van der Waals surface area contributed by atoms with Gasteiger partial charge in [0, 0.05) is 69.9 Å². The molecule has 16 heteroatoms. The average molecular weight is 829 g/mol. The van der Waals surface area contributed by atoms with E-state index in [4.69, 9.17) is 4.74 Å². The van der Waals surface area contributed by atoms with Gasteiger partial charge in [0.1, 0.15) is 17.2 Å². The average Bonchev–Trinajstić information content (AvgIpc) is 3.61. The number of alkyl carbamates (subject to hydrolysis) is 1. The van der Waals surface area contributed by atoms with Crippen molar-refractivity contribution < 1.29 is 40.7 Å². The van der Waals surface area contributed by atoms with Gasteiger partial charge in [-0.1, -0.05) is 25.1 Å².